The quantitative estimate of drug-likeness (QED) is 0.0937. The van der Waals surface area contributed by atoms with Gasteiger partial charge in [0.15, 0.2) is 17.1 Å². The van der Waals surface area contributed by atoms with Gasteiger partial charge >= 0.3 is 6.18 Å². The highest BCUT2D eigenvalue weighted by Gasteiger charge is 2.31. The first-order valence-electron chi connectivity index (χ1n) is 31.1. The molecule has 1 aliphatic rings. The van der Waals surface area contributed by atoms with Crippen LogP contribution in [0.5, 0.6) is 0 Å². The fraction of sp³-hybridized carbons (Fsp3) is 0.317. The summed E-state index contributed by atoms with van der Waals surface area (Å²) in [5, 5.41) is -3.52. The molecule has 6 rings (SSSR count). The number of pyridine rings is 1. The fourth-order valence-corrected chi connectivity index (χ4v) is 4.70. The average Bonchev–Trinajstić information content (AvgIpc) is 0.655. The molecular formula is C41H40F5N3O3S. The maximum atomic E-state index is 16.2. The number of aromatic nitrogens is 1. The van der Waals surface area contributed by atoms with Crippen molar-refractivity contribution >= 4 is 28.6 Å². The van der Waals surface area contributed by atoms with Gasteiger partial charge in [-0.3, -0.25) is 9.59 Å². The molecule has 6 nitrogen and oxygen atoms in total. The maximum absolute atomic E-state index is 16.2. The normalized spacial score (nSPS) is 29.2. The van der Waals surface area contributed by atoms with E-state index in [4.69, 9.17) is 34.3 Å². The molecule has 0 saturated carbocycles. The number of hydrogen-bond donors (Lipinski definition) is 0. The van der Waals surface area contributed by atoms with E-state index in [-0.39, 0.29) is 0 Å². The Morgan fingerprint density at radius 3 is 2.43 bits per heavy atom. The zero-order valence-corrected chi connectivity index (χ0v) is 27.2. The third kappa shape index (κ3) is 9.00. The van der Waals surface area contributed by atoms with E-state index in [9.17, 15) is 30.3 Å². The lowest BCUT2D eigenvalue weighted by Gasteiger charge is -2.39. The summed E-state index contributed by atoms with van der Waals surface area (Å²) in [7, 11) is 0.391. The summed E-state index contributed by atoms with van der Waals surface area (Å²) >= 11 is -0.956. The number of fused-ring (bicyclic) bond motifs is 1. The molecule has 1 aliphatic heterocycles. The second-order valence-electron chi connectivity index (χ2n) is 9.84. The molecule has 0 radical (unpaired) electrons. The number of thioether (sulfide) groups is 1. The Labute approximate surface area is 356 Å². The molecule has 2 heterocycles. The van der Waals surface area contributed by atoms with Crippen LogP contribution in [0.1, 0.15) is 81.6 Å². The first-order valence-corrected chi connectivity index (χ1v) is 15.0. The van der Waals surface area contributed by atoms with Gasteiger partial charge in [0.05, 0.1) is 52.8 Å². The Balaban J connectivity index is 1.90. The van der Waals surface area contributed by atoms with E-state index >= 15 is 13.6 Å². The maximum Gasteiger partial charge on any atom is 0.416 e. The van der Waals surface area contributed by atoms with Crippen LogP contribution < -0.4 is 5.43 Å². The van der Waals surface area contributed by atoms with Crippen LogP contribution in [0.25, 0.3) is 22.0 Å². The first kappa shape index (κ1) is 14.3. The summed E-state index contributed by atoms with van der Waals surface area (Å²) in [6.45, 7) is -28.4. The van der Waals surface area contributed by atoms with E-state index in [1.165, 1.54) is 0 Å². The Morgan fingerprint density at radius 2 is 1.72 bits per heavy atom. The molecule has 278 valence electrons. The molecule has 0 aliphatic carbocycles. The minimum absolute atomic E-state index is 0.391. The summed E-state index contributed by atoms with van der Waals surface area (Å²) in [5.74, 6) is -8.09. The molecule has 12 heteroatoms. The van der Waals surface area contributed by atoms with Crippen LogP contribution in [-0.4, -0.2) is 59.5 Å². The van der Waals surface area contributed by atoms with E-state index in [2.05, 4.69) is 4.74 Å². The molecule has 0 spiro atoms. The highest BCUT2D eigenvalue weighted by Crippen LogP contribution is 2.32. The number of piperidine rings is 1. The van der Waals surface area contributed by atoms with Gasteiger partial charge in [0.1, 0.15) is 6.50 Å². The Morgan fingerprint density at radius 1 is 1.00 bits per heavy atom. The van der Waals surface area contributed by atoms with Gasteiger partial charge in [0.25, 0.3) is 0 Å². The highest BCUT2D eigenvalue weighted by molar-refractivity contribution is 7.98. The number of nitrogens with zero attached hydrogens (tertiary/aromatic N) is 3. The third-order valence-corrected chi connectivity index (χ3v) is 7.20. The van der Waals surface area contributed by atoms with Crippen LogP contribution in [-0.2, 0) is 34.4 Å². The number of methoxy groups -OCH3 is 1. The number of amides is 1. The Hall–Kier alpha value is -4.52. The van der Waals surface area contributed by atoms with Gasteiger partial charge in [-0.2, -0.15) is 13.2 Å². The summed E-state index contributed by atoms with van der Waals surface area (Å²) < 4.78 is 378. The number of carbonyl (C=O) groups is 1. The van der Waals surface area contributed by atoms with Crippen molar-refractivity contribution in [1.82, 2.24) is 14.4 Å². The zero-order valence-electron chi connectivity index (χ0n) is 60.4. The second-order valence-corrected chi connectivity index (χ2v) is 10.6. The molecule has 4 aromatic carbocycles. The van der Waals surface area contributed by atoms with Crippen LogP contribution >= 0.6 is 11.8 Å². The molecule has 5 aromatic rings. The summed E-state index contributed by atoms with van der Waals surface area (Å²) in [4.78, 5) is 27.8. The predicted octanol–water partition coefficient (Wildman–Crippen LogP) is 8.71. The number of likely N-dealkylation sites (tertiary alicyclic amines) is 1. The van der Waals surface area contributed by atoms with Crippen molar-refractivity contribution in [2.24, 2.45) is 0 Å². The van der Waals surface area contributed by atoms with Gasteiger partial charge in [0.2, 0.25) is 5.91 Å². The van der Waals surface area contributed by atoms with Crippen molar-refractivity contribution in [3.63, 3.8) is 0 Å². The molecular weight excluding hydrogens is 710 g/mol. The molecule has 0 atom stereocenters. The molecule has 53 heavy (non-hydrogen) atoms. The number of ether oxygens (including phenoxy) is 1. The summed E-state index contributed by atoms with van der Waals surface area (Å²) in [6.07, 6.45) is -16.2. The number of halogens is 5. The fourth-order valence-electron chi connectivity index (χ4n) is 3.99. The van der Waals surface area contributed by atoms with E-state index in [0.29, 0.717) is 14.0 Å². The standard InChI is InChI=1S/C41H40F5N3O3S/c1-27-22-29(28-12-14-32(15-13-28)41(44,45)46)10-11-30(27)24-48(33-16-18-47(19-17-33)20-21-52-2)38(51)25-49-36-9-4-3-7-34(36)37(50)23-39(49)53-26-31-6-5-8-35(42)40(31)43/h3-15,22-23,33H,16-21,24-26H2,1-2H3/i3D,4D,5D,6D,7D,8D,9D,10D,11D,12D,13D,14D,15D,16D2,17D2,18D2,19D2,20D2,21D2,22D,23D,24D2,25D2,26D2,33D. The summed E-state index contributed by atoms with van der Waals surface area (Å²) in [5.41, 5.74) is -18.1. The molecule has 1 amide bonds. The van der Waals surface area contributed by atoms with E-state index < -0.39 is 259 Å². The van der Waals surface area contributed by atoms with E-state index in [0.717, 1.165) is 0 Å². The van der Waals surface area contributed by atoms with Crippen LogP contribution in [0, 0.1) is 18.6 Å². The van der Waals surface area contributed by atoms with Crippen LogP contribution in [0.3, 0.4) is 0 Å². The van der Waals surface area contributed by atoms with Gasteiger partial charge in [-0.05, 0) is 72.1 Å². The van der Waals surface area contributed by atoms with Crippen molar-refractivity contribution < 1.29 is 78.1 Å². The topological polar surface area (TPSA) is 54.8 Å². The number of alkyl halides is 3. The van der Waals surface area contributed by atoms with Gasteiger partial charge in [0, 0.05) is 78.3 Å². The lowest BCUT2D eigenvalue weighted by molar-refractivity contribution is -0.137. The molecule has 1 aromatic heterocycles. The first-order chi connectivity index (χ1) is 38.8. The number of rotatable bonds is 12. The molecule has 1 saturated heterocycles. The molecule has 1 fully saturated rings. The van der Waals surface area contributed by atoms with Crippen molar-refractivity contribution in [2.45, 2.75) is 55.6 Å². The monoisotopic (exact) mass is 783 g/mol. The highest BCUT2D eigenvalue weighted by atomic mass is 32.2. The molecule has 0 N–H and O–H groups in total. The molecule has 0 bridgehead atoms. The van der Waals surface area contributed by atoms with Gasteiger partial charge in [-0.15, -0.1) is 11.8 Å². The Kier molecular flexibility index (Phi) is 4.49. The second kappa shape index (κ2) is 16.7. The number of hydrogen-bond acceptors (Lipinski definition) is 5. The largest absolute Gasteiger partial charge is 0.416 e. The van der Waals surface area contributed by atoms with Gasteiger partial charge in [-0.1, -0.05) is 54.4 Å². The van der Waals surface area contributed by atoms with Crippen LogP contribution in [0.4, 0.5) is 22.0 Å². The van der Waals surface area contributed by atoms with Crippen LogP contribution in [0.15, 0.2) is 100 Å². The lowest BCUT2D eigenvalue weighted by Crippen LogP contribution is -2.48. The lowest BCUT2D eigenvalue weighted by atomic mass is 9.97. The SMILES string of the molecule is [2H]c1c([2H])c(F)c(F)c(C([2H])([2H])Sc2c([2H])c(=O)c3c([2H])c([2H])c([2H])c([2H])c3n2C([2H])([2H])C(=O)N(C([2H])([2H])c2c([2H])c([2H])c(-c3c([2H])c([2H])c(C(F)(F)F)c([2H])c3[2H])c([2H])c2C)C2([2H])C([2H])([2H])C([2H])([2H])N(C([2H])([2H])C([2H])([2H])OC)C([2H])([2H])C2([2H])[2H])c1[2H]. The molecule has 0 unspecified atom stereocenters. The average molecular weight is 784 g/mol. The minimum Gasteiger partial charge on any atom is -0.383 e. The van der Waals surface area contributed by atoms with Crippen molar-refractivity contribution in [3.8, 4) is 11.1 Å². The minimum atomic E-state index is -5.62. The van der Waals surface area contributed by atoms with Crippen molar-refractivity contribution in [3.05, 3.63) is 135 Å². The van der Waals surface area contributed by atoms with Gasteiger partial charge in [-0.25, -0.2) is 8.78 Å². The van der Waals surface area contributed by atoms with Gasteiger partial charge < -0.3 is 19.1 Å². The number of para-hydroxylation sites is 1. The smallest absolute Gasteiger partial charge is 0.383 e. The van der Waals surface area contributed by atoms with E-state index in [1.807, 2.05) is 0 Å². The number of benzene rings is 4. The Bertz CT molecular complexity index is 3740. The van der Waals surface area contributed by atoms with E-state index in [1.54, 1.807) is 0 Å². The van der Waals surface area contributed by atoms with Crippen molar-refractivity contribution in [2.75, 3.05) is 33.2 Å². The van der Waals surface area contributed by atoms with Crippen LogP contribution in [0.2, 0.25) is 0 Å². The number of carbonyl (C=O) groups excluding carboxylic acids is 1. The third-order valence-electron chi connectivity index (χ3n) is 6.41. The predicted molar refractivity (Wildman–Crippen MR) is 198 cm³/mol. The zero-order chi connectivity index (χ0) is 67.8. The van der Waals surface area contributed by atoms with Crippen molar-refractivity contribution in [1.29, 1.82) is 0 Å². The summed E-state index contributed by atoms with van der Waals surface area (Å²) in [6, 6.07) is -31.0.